The van der Waals surface area contributed by atoms with E-state index >= 15 is 0 Å². The molecule has 4 nitrogen and oxygen atoms in total. The number of nitrogens with zero attached hydrogens (tertiary/aromatic N) is 2. The Balaban J connectivity index is 1.78. The SMILES string of the molecule is CCN(C(=O)c1ccc(Nc2ccc(F)cc2F)cn1)c1cccc(C)c1. The lowest BCUT2D eigenvalue weighted by Crippen LogP contribution is -2.31. The average molecular weight is 367 g/mol. The molecule has 0 aliphatic carbocycles. The molecule has 1 N–H and O–H groups in total. The van der Waals surface area contributed by atoms with Crippen molar-refractivity contribution >= 4 is 23.0 Å². The summed E-state index contributed by atoms with van der Waals surface area (Å²) in [7, 11) is 0. The maximum Gasteiger partial charge on any atom is 0.276 e. The second kappa shape index (κ2) is 7.95. The van der Waals surface area contributed by atoms with E-state index in [0.29, 0.717) is 12.2 Å². The predicted molar refractivity (Wildman–Crippen MR) is 102 cm³/mol. The van der Waals surface area contributed by atoms with Gasteiger partial charge in [0.05, 0.1) is 17.6 Å². The van der Waals surface area contributed by atoms with Gasteiger partial charge < -0.3 is 10.2 Å². The topological polar surface area (TPSA) is 45.2 Å². The molecule has 3 aromatic rings. The van der Waals surface area contributed by atoms with Crippen LogP contribution in [0.5, 0.6) is 0 Å². The molecule has 0 aliphatic heterocycles. The van der Waals surface area contributed by atoms with Crippen molar-refractivity contribution in [2.75, 3.05) is 16.8 Å². The van der Waals surface area contributed by atoms with Crippen molar-refractivity contribution in [3.05, 3.63) is 83.7 Å². The van der Waals surface area contributed by atoms with Gasteiger partial charge in [-0.2, -0.15) is 0 Å². The Morgan fingerprint density at radius 2 is 1.93 bits per heavy atom. The summed E-state index contributed by atoms with van der Waals surface area (Å²) in [5.74, 6) is -1.57. The number of benzene rings is 2. The molecule has 0 radical (unpaired) electrons. The van der Waals surface area contributed by atoms with Crippen LogP contribution in [0.3, 0.4) is 0 Å². The number of nitrogens with one attached hydrogen (secondary N) is 1. The summed E-state index contributed by atoms with van der Waals surface area (Å²) >= 11 is 0. The van der Waals surface area contributed by atoms with Crippen molar-refractivity contribution in [2.24, 2.45) is 0 Å². The zero-order valence-corrected chi connectivity index (χ0v) is 15.0. The van der Waals surface area contributed by atoms with E-state index in [0.717, 1.165) is 23.4 Å². The first kappa shape index (κ1) is 18.5. The summed E-state index contributed by atoms with van der Waals surface area (Å²) in [6, 6.07) is 14.2. The van der Waals surface area contributed by atoms with E-state index in [4.69, 9.17) is 0 Å². The molecule has 2 aromatic carbocycles. The van der Waals surface area contributed by atoms with Gasteiger partial charge in [-0.05, 0) is 55.8 Å². The van der Waals surface area contributed by atoms with Crippen LogP contribution in [-0.4, -0.2) is 17.4 Å². The normalized spacial score (nSPS) is 10.5. The Morgan fingerprint density at radius 3 is 2.56 bits per heavy atom. The number of anilines is 3. The molecule has 0 saturated carbocycles. The Labute approximate surface area is 156 Å². The lowest BCUT2D eigenvalue weighted by molar-refractivity contribution is 0.0983. The third kappa shape index (κ3) is 4.28. The molecule has 27 heavy (non-hydrogen) atoms. The molecule has 0 fully saturated rings. The first-order chi connectivity index (χ1) is 13.0. The van der Waals surface area contributed by atoms with E-state index in [1.165, 1.54) is 12.3 Å². The number of hydrogen-bond acceptors (Lipinski definition) is 3. The van der Waals surface area contributed by atoms with E-state index in [1.54, 1.807) is 17.0 Å². The first-order valence-electron chi connectivity index (χ1n) is 8.54. The minimum absolute atomic E-state index is 0.132. The molecule has 6 heteroatoms. The molecule has 0 atom stereocenters. The molecule has 1 aromatic heterocycles. The van der Waals surface area contributed by atoms with E-state index < -0.39 is 11.6 Å². The second-order valence-corrected chi connectivity index (χ2v) is 6.07. The molecule has 3 rings (SSSR count). The van der Waals surface area contributed by atoms with Gasteiger partial charge >= 0.3 is 0 Å². The molecule has 138 valence electrons. The van der Waals surface area contributed by atoms with Crippen molar-refractivity contribution in [3.63, 3.8) is 0 Å². The van der Waals surface area contributed by atoms with E-state index in [9.17, 15) is 13.6 Å². The smallest absolute Gasteiger partial charge is 0.276 e. The summed E-state index contributed by atoms with van der Waals surface area (Å²) in [5.41, 5.74) is 2.78. The second-order valence-electron chi connectivity index (χ2n) is 6.07. The van der Waals surface area contributed by atoms with Gasteiger partial charge in [0.25, 0.3) is 5.91 Å². The number of aromatic nitrogens is 1. The van der Waals surface area contributed by atoms with Crippen LogP contribution in [0.25, 0.3) is 0 Å². The van der Waals surface area contributed by atoms with Gasteiger partial charge in [0.15, 0.2) is 0 Å². The van der Waals surface area contributed by atoms with Gasteiger partial charge in [-0.1, -0.05) is 12.1 Å². The Morgan fingerprint density at radius 1 is 1.11 bits per heavy atom. The van der Waals surface area contributed by atoms with Crippen LogP contribution in [0.1, 0.15) is 23.0 Å². The maximum absolute atomic E-state index is 13.7. The Hall–Kier alpha value is -3.28. The summed E-state index contributed by atoms with van der Waals surface area (Å²) in [5, 5.41) is 2.82. The van der Waals surface area contributed by atoms with Gasteiger partial charge in [-0.25, -0.2) is 13.8 Å². The largest absolute Gasteiger partial charge is 0.352 e. The Kier molecular flexibility index (Phi) is 5.45. The average Bonchev–Trinajstić information content (AvgIpc) is 2.65. The molecule has 0 spiro atoms. The predicted octanol–water partition coefficient (Wildman–Crippen LogP) is 5.08. The Bertz CT molecular complexity index is 958. The summed E-state index contributed by atoms with van der Waals surface area (Å²) < 4.78 is 26.7. The van der Waals surface area contributed by atoms with Crippen LogP contribution < -0.4 is 10.2 Å². The van der Waals surface area contributed by atoms with E-state index in [2.05, 4.69) is 10.3 Å². The molecule has 0 unspecified atom stereocenters. The summed E-state index contributed by atoms with van der Waals surface area (Å²) in [4.78, 5) is 18.6. The molecule has 1 heterocycles. The fourth-order valence-electron chi connectivity index (χ4n) is 2.72. The fourth-order valence-corrected chi connectivity index (χ4v) is 2.72. The molecular weight excluding hydrogens is 348 g/mol. The number of hydrogen-bond donors (Lipinski definition) is 1. The van der Waals surface area contributed by atoms with Gasteiger partial charge in [0.1, 0.15) is 17.3 Å². The lowest BCUT2D eigenvalue weighted by Gasteiger charge is -2.21. The minimum Gasteiger partial charge on any atom is -0.352 e. The number of carbonyl (C=O) groups excluding carboxylic acids is 1. The number of aryl methyl sites for hydroxylation is 1. The fraction of sp³-hybridized carbons (Fsp3) is 0.143. The van der Waals surface area contributed by atoms with Gasteiger partial charge in [0, 0.05) is 18.3 Å². The molecule has 0 bridgehead atoms. The third-order valence-electron chi connectivity index (χ3n) is 4.07. The van der Waals surface area contributed by atoms with Gasteiger partial charge in [-0.15, -0.1) is 0 Å². The van der Waals surface area contributed by atoms with Crippen LogP contribution in [0.4, 0.5) is 25.8 Å². The quantitative estimate of drug-likeness (QED) is 0.684. The number of amides is 1. The van der Waals surface area contributed by atoms with Crippen molar-refractivity contribution < 1.29 is 13.6 Å². The van der Waals surface area contributed by atoms with Crippen LogP contribution in [-0.2, 0) is 0 Å². The van der Waals surface area contributed by atoms with Crippen molar-refractivity contribution in [3.8, 4) is 0 Å². The number of halogens is 2. The highest BCUT2D eigenvalue weighted by Crippen LogP contribution is 2.22. The van der Waals surface area contributed by atoms with E-state index in [1.807, 2.05) is 38.1 Å². The maximum atomic E-state index is 13.7. The van der Waals surface area contributed by atoms with Crippen LogP contribution in [0.15, 0.2) is 60.8 Å². The molecule has 1 amide bonds. The number of pyridine rings is 1. The molecule has 0 saturated heterocycles. The van der Waals surface area contributed by atoms with Crippen LogP contribution >= 0.6 is 0 Å². The molecular formula is C21H19F2N3O. The van der Waals surface area contributed by atoms with E-state index in [-0.39, 0.29) is 17.3 Å². The van der Waals surface area contributed by atoms with Crippen molar-refractivity contribution in [1.29, 1.82) is 0 Å². The zero-order valence-electron chi connectivity index (χ0n) is 15.0. The first-order valence-corrected chi connectivity index (χ1v) is 8.54. The monoisotopic (exact) mass is 367 g/mol. The van der Waals surface area contributed by atoms with Gasteiger partial charge in [-0.3, -0.25) is 4.79 Å². The standard InChI is InChI=1S/C21H19F2N3O/c1-3-26(17-6-4-5-14(2)11-17)21(27)20-10-8-16(13-24-20)25-19-9-7-15(22)12-18(19)23/h4-13,25H,3H2,1-2H3. The third-order valence-corrected chi connectivity index (χ3v) is 4.07. The number of carbonyl (C=O) groups is 1. The highest BCUT2D eigenvalue weighted by Gasteiger charge is 2.17. The lowest BCUT2D eigenvalue weighted by atomic mass is 10.2. The van der Waals surface area contributed by atoms with Crippen molar-refractivity contribution in [2.45, 2.75) is 13.8 Å². The number of rotatable bonds is 5. The molecule has 0 aliphatic rings. The minimum atomic E-state index is -0.702. The van der Waals surface area contributed by atoms with Gasteiger partial charge in [0.2, 0.25) is 0 Å². The summed E-state index contributed by atoms with van der Waals surface area (Å²) in [6.07, 6.45) is 1.44. The highest BCUT2D eigenvalue weighted by atomic mass is 19.1. The van der Waals surface area contributed by atoms with Crippen LogP contribution in [0.2, 0.25) is 0 Å². The van der Waals surface area contributed by atoms with Crippen molar-refractivity contribution in [1.82, 2.24) is 4.98 Å². The zero-order chi connectivity index (χ0) is 19.4. The highest BCUT2D eigenvalue weighted by molar-refractivity contribution is 6.04. The van der Waals surface area contributed by atoms with Crippen LogP contribution in [0, 0.1) is 18.6 Å². The summed E-state index contributed by atoms with van der Waals surface area (Å²) in [6.45, 7) is 4.37.